The van der Waals surface area contributed by atoms with Crippen molar-refractivity contribution in [2.24, 2.45) is 0 Å². The van der Waals surface area contributed by atoms with Crippen LogP contribution < -0.4 is 10.6 Å². The standard InChI is InChI=1S/C19H22N2O3S2/c22-8-14-18(25-9-20-14)17(24)16-19(26-10-21-16)15(23)7-12-6-5-11-3-1-2-4-13(11)12/h1-6,12,14,16,18-22H,7-10H2/t12?,14-,16-,18?,19?/m1/s1. The third-order valence-electron chi connectivity index (χ3n) is 5.27. The Bertz CT molecular complexity index is 739. The summed E-state index contributed by atoms with van der Waals surface area (Å²) in [6.45, 7) is -0.0640. The molecular formula is C19H22N2O3S2. The Morgan fingerprint density at radius 1 is 1.12 bits per heavy atom. The number of hydrogen-bond donors (Lipinski definition) is 3. The first-order valence-electron chi connectivity index (χ1n) is 8.83. The maximum Gasteiger partial charge on any atom is 0.165 e. The van der Waals surface area contributed by atoms with Crippen LogP contribution in [0.1, 0.15) is 23.5 Å². The summed E-state index contributed by atoms with van der Waals surface area (Å²) in [6, 6.07) is 7.46. The van der Waals surface area contributed by atoms with Gasteiger partial charge in [0.05, 0.1) is 23.1 Å². The first-order valence-corrected chi connectivity index (χ1v) is 10.9. The fourth-order valence-corrected chi connectivity index (χ4v) is 6.26. The van der Waals surface area contributed by atoms with E-state index in [0.29, 0.717) is 18.2 Å². The number of allylic oxidation sites excluding steroid dienone is 1. The van der Waals surface area contributed by atoms with Crippen molar-refractivity contribution in [3.63, 3.8) is 0 Å². The van der Waals surface area contributed by atoms with Gasteiger partial charge in [-0.05, 0) is 11.1 Å². The zero-order chi connectivity index (χ0) is 18.1. The molecule has 5 atom stereocenters. The molecule has 2 saturated heterocycles. The number of thioether (sulfide) groups is 2. The first kappa shape index (κ1) is 18.3. The molecule has 3 N–H and O–H groups in total. The van der Waals surface area contributed by atoms with Gasteiger partial charge in [-0.2, -0.15) is 0 Å². The average molecular weight is 391 g/mol. The molecular weight excluding hydrogens is 368 g/mol. The van der Waals surface area contributed by atoms with Crippen LogP contribution in [0.5, 0.6) is 0 Å². The third kappa shape index (κ3) is 3.39. The summed E-state index contributed by atoms with van der Waals surface area (Å²) in [6.07, 6.45) is 4.59. The highest BCUT2D eigenvalue weighted by atomic mass is 32.2. The molecule has 2 aliphatic heterocycles. The van der Waals surface area contributed by atoms with Crippen molar-refractivity contribution < 1.29 is 14.7 Å². The van der Waals surface area contributed by atoms with E-state index in [0.717, 1.165) is 0 Å². The number of ketones is 2. The molecule has 0 aromatic heterocycles. The second-order valence-electron chi connectivity index (χ2n) is 6.81. The van der Waals surface area contributed by atoms with Crippen LogP contribution in [-0.4, -0.2) is 57.6 Å². The molecule has 26 heavy (non-hydrogen) atoms. The van der Waals surface area contributed by atoms with Crippen molar-refractivity contribution in [3.05, 3.63) is 41.5 Å². The molecule has 0 spiro atoms. The van der Waals surface area contributed by atoms with Gasteiger partial charge in [-0.15, -0.1) is 23.5 Å². The van der Waals surface area contributed by atoms with Gasteiger partial charge in [0.2, 0.25) is 0 Å². The molecule has 0 saturated carbocycles. The van der Waals surface area contributed by atoms with Gasteiger partial charge in [0.25, 0.3) is 0 Å². The van der Waals surface area contributed by atoms with Gasteiger partial charge < -0.3 is 10.4 Å². The normalized spacial score (nSPS) is 32.7. The lowest BCUT2D eigenvalue weighted by Crippen LogP contribution is -2.50. The fourth-order valence-electron chi connectivity index (χ4n) is 3.88. The van der Waals surface area contributed by atoms with Gasteiger partial charge in [-0.1, -0.05) is 36.4 Å². The summed E-state index contributed by atoms with van der Waals surface area (Å²) < 4.78 is 0. The Labute approximate surface area is 161 Å². The highest BCUT2D eigenvalue weighted by molar-refractivity contribution is 8.01. The lowest BCUT2D eigenvalue weighted by molar-refractivity contribution is -0.125. The summed E-state index contributed by atoms with van der Waals surface area (Å²) in [5, 5.41) is 15.2. The Hall–Kier alpha value is -1.12. The number of aliphatic hydroxyl groups excluding tert-OH is 1. The predicted octanol–water partition coefficient (Wildman–Crippen LogP) is 1.38. The van der Waals surface area contributed by atoms with Crippen LogP contribution in [0.3, 0.4) is 0 Å². The molecule has 0 bridgehead atoms. The number of fused-ring (bicyclic) bond motifs is 1. The molecule has 4 rings (SSSR count). The van der Waals surface area contributed by atoms with Gasteiger partial charge in [0, 0.05) is 30.1 Å². The second kappa shape index (κ2) is 7.86. The van der Waals surface area contributed by atoms with Crippen molar-refractivity contribution >= 4 is 41.2 Å². The maximum atomic E-state index is 13.0. The number of rotatable bonds is 6. The van der Waals surface area contributed by atoms with Crippen LogP contribution in [0, 0.1) is 0 Å². The summed E-state index contributed by atoms with van der Waals surface area (Å²) in [5.74, 6) is 1.52. The maximum absolute atomic E-state index is 13.0. The molecule has 3 unspecified atom stereocenters. The monoisotopic (exact) mass is 390 g/mol. The SMILES string of the molecule is O=C(CC1C=Cc2ccccc21)C1SCN[C@@H]1C(=O)C1SCN[C@@H]1CO. The topological polar surface area (TPSA) is 78.4 Å². The summed E-state index contributed by atoms with van der Waals surface area (Å²) >= 11 is 3.04. The summed E-state index contributed by atoms with van der Waals surface area (Å²) in [4.78, 5) is 25.9. The highest BCUT2D eigenvalue weighted by Gasteiger charge is 2.44. The number of Topliss-reactive ketones (excluding diaryl/α,β-unsaturated/α-hetero) is 2. The number of nitrogens with one attached hydrogen (secondary N) is 2. The zero-order valence-electron chi connectivity index (χ0n) is 14.3. The lowest BCUT2D eigenvalue weighted by Gasteiger charge is -2.23. The molecule has 138 valence electrons. The van der Waals surface area contributed by atoms with Crippen molar-refractivity contribution in [3.8, 4) is 0 Å². The van der Waals surface area contributed by atoms with E-state index < -0.39 is 6.04 Å². The minimum atomic E-state index is -0.459. The molecule has 1 aliphatic carbocycles. The second-order valence-corrected chi connectivity index (χ2v) is 9.07. The highest BCUT2D eigenvalue weighted by Crippen LogP contribution is 2.35. The van der Waals surface area contributed by atoms with E-state index >= 15 is 0 Å². The van der Waals surface area contributed by atoms with Crippen molar-refractivity contribution in [1.82, 2.24) is 10.6 Å². The Morgan fingerprint density at radius 3 is 2.73 bits per heavy atom. The van der Waals surface area contributed by atoms with E-state index in [1.807, 2.05) is 12.1 Å². The van der Waals surface area contributed by atoms with E-state index in [1.165, 1.54) is 34.7 Å². The third-order valence-corrected chi connectivity index (χ3v) is 7.75. The molecule has 3 aliphatic rings. The van der Waals surface area contributed by atoms with Crippen LogP contribution >= 0.6 is 23.5 Å². The number of carbonyl (C=O) groups is 2. The van der Waals surface area contributed by atoms with Gasteiger partial charge in [0.1, 0.15) is 5.78 Å². The van der Waals surface area contributed by atoms with Crippen LogP contribution in [0.25, 0.3) is 6.08 Å². The fraction of sp³-hybridized carbons (Fsp3) is 0.474. The van der Waals surface area contributed by atoms with Gasteiger partial charge in [0.15, 0.2) is 5.78 Å². The van der Waals surface area contributed by atoms with Crippen LogP contribution in [0.2, 0.25) is 0 Å². The summed E-state index contributed by atoms with van der Waals surface area (Å²) in [7, 11) is 0. The number of hydrogen-bond acceptors (Lipinski definition) is 7. The minimum Gasteiger partial charge on any atom is -0.395 e. The van der Waals surface area contributed by atoms with E-state index in [2.05, 4.69) is 34.9 Å². The van der Waals surface area contributed by atoms with Gasteiger partial charge in [-0.25, -0.2) is 0 Å². The number of carbonyl (C=O) groups excluding carboxylic acids is 2. The van der Waals surface area contributed by atoms with E-state index in [1.54, 1.807) is 0 Å². The first-order chi connectivity index (χ1) is 12.7. The molecule has 0 radical (unpaired) electrons. The van der Waals surface area contributed by atoms with Gasteiger partial charge in [-0.3, -0.25) is 14.9 Å². The van der Waals surface area contributed by atoms with Crippen molar-refractivity contribution in [1.29, 1.82) is 0 Å². The average Bonchev–Trinajstić information content (AvgIpc) is 3.40. The quantitative estimate of drug-likeness (QED) is 0.677. The number of aliphatic hydroxyl groups is 1. The molecule has 0 amide bonds. The predicted molar refractivity (Wildman–Crippen MR) is 106 cm³/mol. The molecule has 1 aromatic carbocycles. The largest absolute Gasteiger partial charge is 0.395 e. The molecule has 5 nitrogen and oxygen atoms in total. The summed E-state index contributed by atoms with van der Waals surface area (Å²) in [5.41, 5.74) is 2.37. The van der Waals surface area contributed by atoms with Crippen molar-refractivity contribution in [2.75, 3.05) is 18.4 Å². The Kier molecular flexibility index (Phi) is 5.52. The van der Waals surface area contributed by atoms with Crippen LogP contribution in [0.4, 0.5) is 0 Å². The molecule has 2 fully saturated rings. The Balaban J connectivity index is 1.44. The van der Waals surface area contributed by atoms with Crippen LogP contribution in [0.15, 0.2) is 30.3 Å². The molecule has 1 aromatic rings. The lowest BCUT2D eigenvalue weighted by atomic mass is 9.91. The van der Waals surface area contributed by atoms with E-state index in [9.17, 15) is 14.7 Å². The smallest absolute Gasteiger partial charge is 0.165 e. The van der Waals surface area contributed by atoms with Crippen LogP contribution in [-0.2, 0) is 9.59 Å². The van der Waals surface area contributed by atoms with E-state index in [4.69, 9.17) is 0 Å². The van der Waals surface area contributed by atoms with Crippen molar-refractivity contribution in [2.45, 2.75) is 34.9 Å². The number of benzene rings is 1. The molecule has 7 heteroatoms. The zero-order valence-corrected chi connectivity index (χ0v) is 15.9. The van der Waals surface area contributed by atoms with E-state index in [-0.39, 0.29) is 40.6 Å². The Morgan fingerprint density at radius 2 is 1.88 bits per heavy atom. The molecule has 2 heterocycles. The van der Waals surface area contributed by atoms with Gasteiger partial charge >= 0.3 is 0 Å². The minimum absolute atomic E-state index is 0.0322.